The van der Waals surface area contributed by atoms with Crippen LogP contribution in [0.3, 0.4) is 0 Å². The summed E-state index contributed by atoms with van der Waals surface area (Å²) in [7, 11) is 0. The first-order chi connectivity index (χ1) is 69.5. The van der Waals surface area contributed by atoms with Crippen molar-refractivity contribution in [3.63, 3.8) is 0 Å². The van der Waals surface area contributed by atoms with Crippen molar-refractivity contribution in [3.05, 3.63) is 578 Å². The molecule has 140 heavy (non-hydrogen) atoms. The lowest BCUT2D eigenvalue weighted by Crippen LogP contribution is -2.29. The molecule has 0 N–H and O–H groups in total. The van der Waals surface area contributed by atoms with Crippen molar-refractivity contribution in [2.45, 2.75) is 23.7 Å². The van der Waals surface area contributed by atoms with Gasteiger partial charge in [-0.15, -0.1) is 0 Å². The molecule has 0 bridgehead atoms. The number of hydrogen-bond donors (Lipinski definition) is 0. The molecular formula is C136H92N4. The van der Waals surface area contributed by atoms with E-state index in [0.29, 0.717) is 0 Å². The van der Waals surface area contributed by atoms with Crippen LogP contribution < -0.4 is 9.80 Å². The Hall–Kier alpha value is -18.0. The van der Waals surface area contributed by atoms with Crippen LogP contribution in [0.5, 0.6) is 0 Å². The second-order valence-corrected chi connectivity index (χ2v) is 37.5. The van der Waals surface area contributed by atoms with E-state index in [1.165, 1.54) is 126 Å². The molecule has 4 heteroatoms. The van der Waals surface area contributed by atoms with Gasteiger partial charge in [0.2, 0.25) is 0 Å². The van der Waals surface area contributed by atoms with Gasteiger partial charge in [0.05, 0.1) is 55.6 Å². The first kappa shape index (κ1) is 81.6. The van der Waals surface area contributed by atoms with Crippen LogP contribution in [-0.4, -0.2) is 9.13 Å². The van der Waals surface area contributed by atoms with E-state index in [9.17, 15) is 0 Å². The molecule has 0 spiro atoms. The summed E-state index contributed by atoms with van der Waals surface area (Å²) in [6.07, 6.45) is 9.26. The van der Waals surface area contributed by atoms with Crippen LogP contribution in [0.15, 0.2) is 539 Å². The molecular weight excluding hydrogens is 1690 g/mol. The minimum absolute atomic E-state index is 0.702. The van der Waals surface area contributed by atoms with Crippen molar-refractivity contribution >= 4 is 99.3 Å². The summed E-state index contributed by atoms with van der Waals surface area (Å²) >= 11 is 0. The van der Waals surface area contributed by atoms with Crippen molar-refractivity contribution < 1.29 is 0 Å². The molecule has 24 aromatic rings. The lowest BCUT2D eigenvalue weighted by molar-refractivity contribution is 0.751. The van der Waals surface area contributed by atoms with Gasteiger partial charge in [-0.3, -0.25) is 0 Å². The Labute approximate surface area is 814 Å². The molecule has 2 heterocycles. The maximum Gasteiger partial charge on any atom is 0.0714 e. The van der Waals surface area contributed by atoms with Gasteiger partial charge in [-0.2, -0.15) is 0 Å². The summed E-state index contributed by atoms with van der Waals surface area (Å²) < 4.78 is 4.98. The quantitative estimate of drug-likeness (QED) is 0.0851. The number of benzene rings is 22. The molecule has 3 aliphatic carbocycles. The summed E-state index contributed by atoms with van der Waals surface area (Å²) in [5.41, 5.74) is 39.6. The average molecular weight is 1780 g/mol. The molecule has 0 saturated carbocycles. The third-order valence-electron chi connectivity index (χ3n) is 30.1. The van der Waals surface area contributed by atoms with E-state index in [1.54, 1.807) is 0 Å². The number of hydrogen-bond acceptors (Lipinski definition) is 2. The second-order valence-electron chi connectivity index (χ2n) is 37.5. The number of anilines is 6. The van der Waals surface area contributed by atoms with Crippen LogP contribution in [0.4, 0.5) is 34.1 Å². The van der Waals surface area contributed by atoms with Crippen molar-refractivity contribution in [2.75, 3.05) is 9.80 Å². The Morgan fingerprint density at radius 2 is 0.586 bits per heavy atom. The summed E-state index contributed by atoms with van der Waals surface area (Å²) in [5.74, 6) is 0. The van der Waals surface area contributed by atoms with Gasteiger partial charge in [0, 0.05) is 55.4 Å². The molecule has 0 radical (unpaired) electrons. The topological polar surface area (TPSA) is 16.3 Å². The minimum atomic E-state index is -0.771. The number of fused-ring (bicyclic) bond motifs is 14. The molecule has 0 fully saturated rings. The van der Waals surface area contributed by atoms with Crippen LogP contribution in [-0.2, 0) is 10.8 Å². The van der Waals surface area contributed by atoms with E-state index in [1.807, 2.05) is 0 Å². The Kier molecular flexibility index (Phi) is 19.5. The predicted octanol–water partition coefficient (Wildman–Crippen LogP) is 36.1. The maximum absolute atomic E-state index is 2.62. The lowest BCUT2D eigenvalue weighted by atomic mass is 9.66. The van der Waals surface area contributed by atoms with Gasteiger partial charge in [-0.1, -0.05) is 431 Å². The van der Waals surface area contributed by atoms with E-state index in [0.717, 1.165) is 131 Å². The molecule has 1 unspecified atom stereocenters. The highest BCUT2D eigenvalue weighted by Gasteiger charge is 2.49. The van der Waals surface area contributed by atoms with Crippen molar-refractivity contribution in [1.29, 1.82) is 0 Å². The van der Waals surface area contributed by atoms with Gasteiger partial charge in [-0.05, 0) is 260 Å². The largest absolute Gasteiger partial charge is 0.310 e. The fourth-order valence-electron chi connectivity index (χ4n) is 23.9. The van der Waals surface area contributed by atoms with E-state index in [2.05, 4.69) is 553 Å². The zero-order valence-corrected chi connectivity index (χ0v) is 77.0. The van der Waals surface area contributed by atoms with E-state index < -0.39 is 10.8 Å². The van der Waals surface area contributed by atoms with E-state index >= 15 is 0 Å². The first-order valence-electron chi connectivity index (χ1n) is 48.8. The number of rotatable bonds is 18. The summed E-state index contributed by atoms with van der Waals surface area (Å²) in [6.45, 7) is 0. The van der Waals surface area contributed by atoms with Gasteiger partial charge in [0.25, 0.3) is 0 Å². The number of aromatic nitrogens is 2. The predicted molar refractivity (Wildman–Crippen MR) is 588 cm³/mol. The normalized spacial score (nSPS) is 13.9. The number of para-hydroxylation sites is 4. The Morgan fingerprint density at radius 1 is 0.200 bits per heavy atom. The molecule has 22 aromatic carbocycles. The summed E-state index contributed by atoms with van der Waals surface area (Å²) in [4.78, 5) is 5.17. The summed E-state index contributed by atoms with van der Waals surface area (Å²) in [6, 6.07) is 194. The Bertz CT molecular complexity index is 8960. The van der Waals surface area contributed by atoms with Gasteiger partial charge in [0.15, 0.2) is 0 Å². The highest BCUT2D eigenvalue weighted by atomic mass is 15.2. The van der Waals surface area contributed by atoms with E-state index in [4.69, 9.17) is 0 Å². The molecule has 4 nitrogen and oxygen atoms in total. The third kappa shape index (κ3) is 13.0. The van der Waals surface area contributed by atoms with Crippen LogP contribution in [0, 0.1) is 0 Å². The van der Waals surface area contributed by atoms with Gasteiger partial charge < -0.3 is 18.9 Å². The van der Waals surface area contributed by atoms with Crippen LogP contribution >= 0.6 is 0 Å². The van der Waals surface area contributed by atoms with Crippen LogP contribution in [0.2, 0.25) is 0 Å². The molecule has 0 amide bonds. The van der Waals surface area contributed by atoms with Crippen molar-refractivity contribution in [1.82, 2.24) is 9.13 Å². The maximum atomic E-state index is 2.62. The highest BCUT2D eigenvalue weighted by molar-refractivity contribution is 6.12. The fraction of sp³-hybridized carbons (Fsp3) is 0.0294. The smallest absolute Gasteiger partial charge is 0.0714 e. The molecule has 2 aromatic heterocycles. The fourth-order valence-corrected chi connectivity index (χ4v) is 23.9. The standard InChI is InChI=1S/C136H92N4/c1-7-36-94(37-8-1)113-78-70-99(111-61-34-42-92-40-19-21-54-109(92)111)87-132(113)137(105-74-68-91(69-75-105)96-44-33-53-106(84-96)138-127-64-29-24-57-118(127)119-58-25-30-65-128(119)138)107-76-81-117-122-85-97(72-82-124(122)136(126(117)89-107,103-49-15-5-16-50-103)104-51-17-6-18-52-104)98-73-83-131(134(86-98)140-129-66-31-26-59-120(129)121-60-27-32-67-130(121)140)139(133-88-100(71-79-114(133)95-38-9-2-10-39-95)112-62-35-43-93-41-20-22-55-110(93)112)108-77-80-116-115-56-23-28-63-123(115)135(125(116)90-108,101-45-11-3-12-46-101)102-47-13-4-14-48-102/h1-5,7-17,19-90H,6,18H2. The number of allylic oxidation sites excluding steroid dienone is 4. The first-order valence-corrected chi connectivity index (χ1v) is 48.8. The van der Waals surface area contributed by atoms with Gasteiger partial charge in [0.1, 0.15) is 0 Å². The Balaban J connectivity index is 0.692. The van der Waals surface area contributed by atoms with E-state index in [-0.39, 0.29) is 0 Å². The summed E-state index contributed by atoms with van der Waals surface area (Å²) in [5, 5.41) is 9.63. The van der Waals surface area contributed by atoms with Gasteiger partial charge in [-0.25, -0.2) is 0 Å². The third-order valence-corrected chi connectivity index (χ3v) is 30.1. The average Bonchev–Trinajstić information content (AvgIpc) is 1.53. The van der Waals surface area contributed by atoms with Crippen LogP contribution in [0.1, 0.15) is 51.8 Å². The van der Waals surface area contributed by atoms with Gasteiger partial charge >= 0.3 is 0 Å². The Morgan fingerprint density at radius 3 is 1.14 bits per heavy atom. The van der Waals surface area contributed by atoms with Crippen molar-refractivity contribution in [3.8, 4) is 100 Å². The highest BCUT2D eigenvalue weighted by Crippen LogP contribution is 2.62. The number of nitrogens with zero attached hydrogens (tertiary/aromatic N) is 4. The molecule has 0 saturated heterocycles. The zero-order chi connectivity index (χ0) is 92.4. The monoisotopic (exact) mass is 1780 g/mol. The SMILES string of the molecule is C1=CC(C2(c3ccccc3)c3ccc(-c4ccc(N(c5ccc6c(c5)C(c5ccccc5)(c5ccccc5)c5ccccc5-6)c5cc(-c6cccc7ccccc67)ccc5-c5ccccc5)c(-n5c6ccccc6c6ccccc65)c4)cc3-c3ccc(N(c4ccc(-c5cccc(-n6c7ccccc7c7ccccc76)c5)cc4)c4cc(-c5cccc6ccccc56)ccc4-c4ccccc4)cc32)=CCC1. The molecule has 0 aliphatic heterocycles. The molecule has 1 atom stereocenters. The minimum Gasteiger partial charge on any atom is -0.310 e. The van der Waals surface area contributed by atoms with Crippen molar-refractivity contribution in [2.24, 2.45) is 0 Å². The zero-order valence-electron chi connectivity index (χ0n) is 77.0. The second kappa shape index (κ2) is 33.5. The molecule has 27 rings (SSSR count). The van der Waals surface area contributed by atoms with Crippen LogP contribution in [0.25, 0.3) is 166 Å². The lowest BCUT2D eigenvalue weighted by Gasteiger charge is -2.36. The molecule has 656 valence electrons. The molecule has 3 aliphatic rings.